The third kappa shape index (κ3) is 4.56. The van der Waals surface area contributed by atoms with Crippen LogP contribution in [0.2, 0.25) is 0 Å². The van der Waals surface area contributed by atoms with E-state index in [0.29, 0.717) is 12.2 Å². The molecule has 0 heterocycles. The Morgan fingerprint density at radius 3 is 2.91 bits per heavy atom. The molecule has 2 unspecified atom stereocenters. The van der Waals surface area contributed by atoms with Gasteiger partial charge in [0.15, 0.2) is 0 Å². The van der Waals surface area contributed by atoms with Crippen LogP contribution in [0.5, 0.6) is 5.75 Å². The Hall–Kier alpha value is -1.89. The zero-order valence-corrected chi connectivity index (χ0v) is 12.3. The predicted molar refractivity (Wildman–Crippen MR) is 78.1 cm³/mol. The maximum Gasteiger partial charge on any atom is 0.387 e. The third-order valence-corrected chi connectivity index (χ3v) is 3.78. The molecule has 2 N–H and O–H groups in total. The first kappa shape index (κ1) is 16.5. The summed E-state index contributed by atoms with van der Waals surface area (Å²) >= 11 is 0. The lowest BCUT2D eigenvalue weighted by Crippen LogP contribution is -2.37. The van der Waals surface area contributed by atoms with E-state index in [2.05, 4.69) is 10.1 Å². The zero-order valence-electron chi connectivity index (χ0n) is 12.3. The second-order valence-corrected chi connectivity index (χ2v) is 5.48. The second kappa shape index (κ2) is 7.40. The van der Waals surface area contributed by atoms with Crippen LogP contribution in [0, 0.1) is 5.92 Å². The highest BCUT2D eigenvalue weighted by Crippen LogP contribution is 2.26. The molecule has 1 aliphatic rings. The molecule has 0 radical (unpaired) electrons. The maximum absolute atomic E-state index is 12.2. The van der Waals surface area contributed by atoms with Gasteiger partial charge in [-0.3, -0.25) is 0 Å². The molecule has 5 nitrogen and oxygen atoms in total. The molecule has 0 aliphatic heterocycles. The molecular weight excluding hydrogens is 294 g/mol. The van der Waals surface area contributed by atoms with Crippen molar-refractivity contribution in [1.29, 1.82) is 0 Å². The minimum absolute atomic E-state index is 0.0123. The van der Waals surface area contributed by atoms with E-state index in [4.69, 9.17) is 0 Å². The molecule has 1 aromatic carbocycles. The first-order chi connectivity index (χ1) is 10.5. The highest BCUT2D eigenvalue weighted by molar-refractivity contribution is 5.89. The first-order valence-electron chi connectivity index (χ1n) is 7.21. The third-order valence-electron chi connectivity index (χ3n) is 3.78. The molecule has 1 fully saturated rings. The zero-order chi connectivity index (χ0) is 16.1. The van der Waals surface area contributed by atoms with Crippen molar-refractivity contribution in [3.8, 4) is 5.75 Å². The number of nitrogens with one attached hydrogen (secondary N) is 1. The van der Waals surface area contributed by atoms with Crippen LogP contribution in [-0.4, -0.2) is 42.3 Å². The molecule has 2 amide bonds. The van der Waals surface area contributed by atoms with Gasteiger partial charge in [0, 0.05) is 31.3 Å². The number of aliphatic hydroxyl groups is 1. The number of rotatable bonds is 5. The van der Waals surface area contributed by atoms with E-state index in [0.717, 1.165) is 19.3 Å². The normalized spacial score (nSPS) is 21.0. The summed E-state index contributed by atoms with van der Waals surface area (Å²) in [6, 6.07) is 5.49. The van der Waals surface area contributed by atoms with E-state index in [1.165, 1.54) is 23.1 Å². The number of ether oxygens (including phenoxy) is 1. The fourth-order valence-electron chi connectivity index (χ4n) is 2.63. The standard InChI is InChI=1S/C15H20F2N2O3/c1-19(9-10-4-2-7-13(10)20)15(21)18-11-5-3-6-12(8-11)22-14(16)17/h3,5-6,8,10,13-14,20H,2,4,7,9H2,1H3,(H,18,21). The average Bonchev–Trinajstić information content (AvgIpc) is 2.84. The van der Waals surface area contributed by atoms with Gasteiger partial charge >= 0.3 is 12.6 Å². The molecule has 22 heavy (non-hydrogen) atoms. The Morgan fingerprint density at radius 2 is 2.27 bits per heavy atom. The van der Waals surface area contributed by atoms with E-state index in [1.807, 2.05) is 0 Å². The van der Waals surface area contributed by atoms with Crippen molar-refractivity contribution >= 4 is 11.7 Å². The number of hydrogen-bond acceptors (Lipinski definition) is 3. The van der Waals surface area contributed by atoms with Gasteiger partial charge in [0.05, 0.1) is 6.10 Å². The molecule has 2 rings (SSSR count). The largest absolute Gasteiger partial charge is 0.435 e. The smallest absolute Gasteiger partial charge is 0.387 e. The van der Waals surface area contributed by atoms with E-state index in [9.17, 15) is 18.7 Å². The molecule has 7 heteroatoms. The van der Waals surface area contributed by atoms with Crippen LogP contribution < -0.4 is 10.1 Å². The highest BCUT2D eigenvalue weighted by Gasteiger charge is 2.27. The fraction of sp³-hybridized carbons (Fsp3) is 0.533. The van der Waals surface area contributed by atoms with E-state index in [1.54, 1.807) is 13.1 Å². The Morgan fingerprint density at radius 1 is 1.50 bits per heavy atom. The SMILES string of the molecule is CN(CC1CCCC1O)C(=O)Nc1cccc(OC(F)F)c1. The predicted octanol–water partition coefficient (Wildman–Crippen LogP) is 2.91. The van der Waals surface area contributed by atoms with Crippen molar-refractivity contribution < 1.29 is 23.4 Å². The number of amides is 2. The Bertz CT molecular complexity index is 513. The molecule has 0 saturated heterocycles. The number of urea groups is 1. The van der Waals surface area contributed by atoms with Crippen LogP contribution in [0.3, 0.4) is 0 Å². The van der Waals surface area contributed by atoms with Crippen LogP contribution in [0.15, 0.2) is 24.3 Å². The van der Waals surface area contributed by atoms with Crippen molar-refractivity contribution in [2.24, 2.45) is 5.92 Å². The van der Waals surface area contributed by atoms with E-state index in [-0.39, 0.29) is 23.8 Å². The second-order valence-electron chi connectivity index (χ2n) is 5.48. The van der Waals surface area contributed by atoms with Crippen LogP contribution in [0.1, 0.15) is 19.3 Å². The van der Waals surface area contributed by atoms with Gasteiger partial charge in [-0.1, -0.05) is 12.5 Å². The van der Waals surface area contributed by atoms with Crippen molar-refractivity contribution in [1.82, 2.24) is 4.90 Å². The van der Waals surface area contributed by atoms with Gasteiger partial charge in [0.1, 0.15) is 5.75 Å². The molecule has 1 aliphatic carbocycles. The van der Waals surface area contributed by atoms with Gasteiger partial charge in [-0.25, -0.2) is 4.79 Å². The molecule has 0 aromatic heterocycles. The van der Waals surface area contributed by atoms with Gasteiger partial charge in [0.2, 0.25) is 0 Å². The number of carbonyl (C=O) groups is 1. The van der Waals surface area contributed by atoms with Gasteiger partial charge in [-0.2, -0.15) is 8.78 Å². The van der Waals surface area contributed by atoms with Gasteiger partial charge < -0.3 is 20.1 Å². The van der Waals surface area contributed by atoms with E-state index < -0.39 is 6.61 Å². The number of halogens is 2. The van der Waals surface area contributed by atoms with Crippen molar-refractivity contribution in [2.45, 2.75) is 32.0 Å². The minimum Gasteiger partial charge on any atom is -0.435 e. The van der Waals surface area contributed by atoms with Gasteiger partial charge in [-0.15, -0.1) is 0 Å². The first-order valence-corrected chi connectivity index (χ1v) is 7.21. The maximum atomic E-state index is 12.2. The van der Waals surface area contributed by atoms with Gasteiger partial charge in [0.25, 0.3) is 0 Å². The molecular formula is C15H20F2N2O3. The summed E-state index contributed by atoms with van der Waals surface area (Å²) in [5.41, 5.74) is 0.377. The lowest BCUT2D eigenvalue weighted by molar-refractivity contribution is -0.0497. The van der Waals surface area contributed by atoms with Crippen molar-refractivity contribution in [2.75, 3.05) is 18.9 Å². The Labute approximate surface area is 127 Å². The molecule has 1 aromatic rings. The molecule has 2 atom stereocenters. The quantitative estimate of drug-likeness (QED) is 0.878. The lowest BCUT2D eigenvalue weighted by Gasteiger charge is -2.23. The van der Waals surface area contributed by atoms with Crippen LogP contribution in [0.4, 0.5) is 19.3 Å². The fourth-order valence-corrected chi connectivity index (χ4v) is 2.63. The monoisotopic (exact) mass is 314 g/mol. The number of anilines is 1. The highest BCUT2D eigenvalue weighted by atomic mass is 19.3. The summed E-state index contributed by atoms with van der Waals surface area (Å²) in [5.74, 6) is 0.0749. The molecule has 0 spiro atoms. The number of hydrogen-bond donors (Lipinski definition) is 2. The molecule has 122 valence electrons. The summed E-state index contributed by atoms with van der Waals surface area (Å²) in [4.78, 5) is 13.6. The number of carbonyl (C=O) groups excluding carboxylic acids is 1. The number of benzene rings is 1. The summed E-state index contributed by atoms with van der Waals surface area (Å²) in [6.45, 7) is -2.45. The lowest BCUT2D eigenvalue weighted by atomic mass is 10.1. The molecule has 1 saturated carbocycles. The van der Waals surface area contributed by atoms with Crippen molar-refractivity contribution in [3.05, 3.63) is 24.3 Å². The van der Waals surface area contributed by atoms with Crippen molar-refractivity contribution in [3.63, 3.8) is 0 Å². The number of alkyl halides is 2. The average molecular weight is 314 g/mol. The Balaban J connectivity index is 1.90. The van der Waals surface area contributed by atoms with Crippen LogP contribution in [0.25, 0.3) is 0 Å². The van der Waals surface area contributed by atoms with E-state index >= 15 is 0 Å². The summed E-state index contributed by atoms with van der Waals surface area (Å²) in [5, 5.41) is 12.4. The summed E-state index contributed by atoms with van der Waals surface area (Å²) in [7, 11) is 1.64. The van der Waals surface area contributed by atoms with Gasteiger partial charge in [-0.05, 0) is 25.0 Å². The summed E-state index contributed by atoms with van der Waals surface area (Å²) < 4.78 is 28.6. The molecule has 0 bridgehead atoms. The summed E-state index contributed by atoms with van der Waals surface area (Å²) in [6.07, 6.45) is 2.27. The Kier molecular flexibility index (Phi) is 5.54. The van der Waals surface area contributed by atoms with Crippen LogP contribution in [-0.2, 0) is 0 Å². The van der Waals surface area contributed by atoms with Crippen LogP contribution >= 0.6 is 0 Å². The topological polar surface area (TPSA) is 61.8 Å². The number of aliphatic hydroxyl groups excluding tert-OH is 1. The number of nitrogens with zero attached hydrogens (tertiary/aromatic N) is 1. The minimum atomic E-state index is -2.91.